The number of hydrogen-bond acceptors (Lipinski definition) is 7. The summed E-state index contributed by atoms with van der Waals surface area (Å²) in [6.07, 6.45) is 9.33. The lowest BCUT2D eigenvalue weighted by atomic mass is 9.85. The Kier molecular flexibility index (Phi) is 9.71. The topological polar surface area (TPSA) is 90.2 Å². The number of aryl methyl sites for hydroxylation is 1. The Morgan fingerprint density at radius 1 is 1.18 bits per heavy atom. The average Bonchev–Trinajstić information content (AvgIpc) is 3.31. The number of methoxy groups -OCH3 is 1. The molecule has 1 saturated carbocycles. The van der Waals surface area contributed by atoms with Crippen LogP contribution in [0.2, 0.25) is 0 Å². The summed E-state index contributed by atoms with van der Waals surface area (Å²) in [7, 11) is 3.20. The maximum atomic E-state index is 12.7. The van der Waals surface area contributed by atoms with E-state index in [9.17, 15) is 4.79 Å². The van der Waals surface area contributed by atoms with Crippen molar-refractivity contribution < 1.29 is 19.1 Å². The van der Waals surface area contributed by atoms with E-state index in [1.54, 1.807) is 7.11 Å². The van der Waals surface area contributed by atoms with Crippen LogP contribution in [0.5, 0.6) is 0 Å². The smallest absolute Gasteiger partial charge is 0.439 e. The molecule has 4 rings (SSSR count). The van der Waals surface area contributed by atoms with Gasteiger partial charge in [-0.1, -0.05) is 25.5 Å². The minimum atomic E-state index is -0.525. The van der Waals surface area contributed by atoms with Crippen LogP contribution in [0.3, 0.4) is 0 Å². The van der Waals surface area contributed by atoms with Gasteiger partial charge in [-0.2, -0.15) is 5.06 Å². The van der Waals surface area contributed by atoms with Crippen molar-refractivity contribution in [3.63, 3.8) is 0 Å². The molecular weight excluding hydrogens is 482 g/mol. The number of hydroxylamine groups is 1. The molecule has 1 aromatic carbocycles. The normalized spacial score (nSPS) is 18.4. The minimum Gasteiger partial charge on any atom is -0.445 e. The number of imidazole rings is 1. The Hall–Kier alpha value is -3.01. The molecule has 1 aliphatic carbocycles. The number of carbonyl (C=O) groups is 1. The van der Waals surface area contributed by atoms with E-state index < -0.39 is 6.09 Å². The van der Waals surface area contributed by atoms with Crippen LogP contribution in [-0.4, -0.2) is 60.0 Å². The van der Waals surface area contributed by atoms with Crippen LogP contribution in [0.15, 0.2) is 36.7 Å². The van der Waals surface area contributed by atoms with Crippen LogP contribution in [0.25, 0.3) is 16.8 Å². The number of nitrogens with one attached hydrogen (secondary N) is 1. The molecule has 9 nitrogen and oxygen atoms in total. The lowest BCUT2D eigenvalue weighted by Gasteiger charge is -2.28. The number of anilines is 1. The van der Waals surface area contributed by atoms with Crippen LogP contribution in [0.4, 0.5) is 10.5 Å². The summed E-state index contributed by atoms with van der Waals surface area (Å²) < 4.78 is 12.9. The molecule has 2 aromatic heterocycles. The molecular formula is C29H41N5O4. The molecule has 1 fully saturated rings. The van der Waals surface area contributed by atoms with Crippen molar-refractivity contribution in [1.29, 1.82) is 0 Å². The Bertz CT molecular complexity index is 1190. The summed E-state index contributed by atoms with van der Waals surface area (Å²) in [6.45, 7) is 7.60. The van der Waals surface area contributed by atoms with Crippen LogP contribution in [0.1, 0.15) is 69.8 Å². The highest BCUT2D eigenvalue weighted by atomic mass is 16.7. The van der Waals surface area contributed by atoms with E-state index in [1.807, 2.05) is 50.5 Å². The molecule has 1 amide bonds. The van der Waals surface area contributed by atoms with Gasteiger partial charge in [0.05, 0.1) is 36.3 Å². The van der Waals surface area contributed by atoms with Crippen molar-refractivity contribution in [3.8, 4) is 11.3 Å². The Morgan fingerprint density at radius 2 is 1.92 bits per heavy atom. The van der Waals surface area contributed by atoms with Crippen LogP contribution >= 0.6 is 0 Å². The Labute approximate surface area is 225 Å². The molecule has 1 atom stereocenters. The molecule has 1 unspecified atom stereocenters. The number of carbonyl (C=O) groups excluding carboxylic acids is 1. The first kappa shape index (κ1) is 28.0. The van der Waals surface area contributed by atoms with Gasteiger partial charge in [-0.25, -0.2) is 9.78 Å². The van der Waals surface area contributed by atoms with E-state index in [1.165, 1.54) is 12.2 Å². The second kappa shape index (κ2) is 13.2. The number of nitrogens with zero attached hydrogens (tertiary/aromatic N) is 4. The maximum Gasteiger partial charge on any atom is 0.439 e. The highest BCUT2D eigenvalue weighted by molar-refractivity contribution is 5.87. The van der Waals surface area contributed by atoms with Crippen LogP contribution in [-0.2, 0) is 14.3 Å². The van der Waals surface area contributed by atoms with Crippen molar-refractivity contribution in [1.82, 2.24) is 19.7 Å². The van der Waals surface area contributed by atoms with Gasteiger partial charge in [-0.15, -0.1) is 0 Å². The summed E-state index contributed by atoms with van der Waals surface area (Å²) in [5.41, 5.74) is 4.43. The average molecular weight is 524 g/mol. The summed E-state index contributed by atoms with van der Waals surface area (Å²) >= 11 is 0. The highest BCUT2D eigenvalue weighted by Gasteiger charge is 2.27. The zero-order valence-corrected chi connectivity index (χ0v) is 23.3. The van der Waals surface area contributed by atoms with Gasteiger partial charge >= 0.3 is 6.09 Å². The van der Waals surface area contributed by atoms with Crippen molar-refractivity contribution in [2.45, 2.75) is 77.4 Å². The molecule has 0 radical (unpaired) electrons. The third kappa shape index (κ3) is 6.34. The van der Waals surface area contributed by atoms with Gasteiger partial charge in [0.25, 0.3) is 0 Å². The van der Waals surface area contributed by atoms with Gasteiger partial charge in [-0.05, 0) is 58.1 Å². The molecule has 0 aliphatic heterocycles. The monoisotopic (exact) mass is 523 g/mol. The van der Waals surface area contributed by atoms with Gasteiger partial charge in [-0.3, -0.25) is 14.2 Å². The van der Waals surface area contributed by atoms with Gasteiger partial charge in [0, 0.05) is 43.6 Å². The third-order valence-electron chi connectivity index (χ3n) is 7.32. The van der Waals surface area contributed by atoms with Gasteiger partial charge in [0.2, 0.25) is 0 Å². The lowest BCUT2D eigenvalue weighted by molar-refractivity contribution is 0.0705. The summed E-state index contributed by atoms with van der Waals surface area (Å²) in [4.78, 5) is 27.7. The molecule has 38 heavy (non-hydrogen) atoms. The first-order valence-corrected chi connectivity index (χ1v) is 13.7. The zero-order chi connectivity index (χ0) is 27.1. The standard InChI is InChI=1S/C29H41N5O4/c1-6-7-20(2)38-29(35)34(37-5)25-14-10-22(11-15-25)26-27-21(3)30-16-18-33(27)28(32-26)23-8-12-24(13-9-23)31-17-19-36-4/h10-11,14-16,18,20,23-24,31H,6-9,12-13,17,19H2,1-5H3. The molecule has 1 N–H and O–H groups in total. The fourth-order valence-corrected chi connectivity index (χ4v) is 5.36. The number of hydrogen-bond donors (Lipinski definition) is 1. The van der Waals surface area contributed by atoms with Crippen LogP contribution in [0, 0.1) is 6.92 Å². The Balaban J connectivity index is 1.56. The number of amides is 1. The van der Waals surface area contributed by atoms with E-state index in [2.05, 4.69) is 21.6 Å². The van der Waals surface area contributed by atoms with E-state index in [0.29, 0.717) is 17.6 Å². The highest BCUT2D eigenvalue weighted by Crippen LogP contribution is 2.36. The quantitative estimate of drug-likeness (QED) is 0.256. The van der Waals surface area contributed by atoms with Crippen molar-refractivity contribution >= 4 is 17.3 Å². The number of ether oxygens (including phenoxy) is 2. The first-order chi connectivity index (χ1) is 18.5. The lowest BCUT2D eigenvalue weighted by Crippen LogP contribution is -2.35. The second-order valence-electron chi connectivity index (χ2n) is 10.1. The Morgan fingerprint density at radius 3 is 2.58 bits per heavy atom. The molecule has 9 heteroatoms. The molecule has 0 saturated heterocycles. The van der Waals surface area contributed by atoms with Crippen LogP contribution < -0.4 is 10.4 Å². The largest absolute Gasteiger partial charge is 0.445 e. The zero-order valence-electron chi connectivity index (χ0n) is 23.3. The van der Waals surface area contributed by atoms with E-state index in [-0.39, 0.29) is 6.10 Å². The number of fused-ring (bicyclic) bond motifs is 1. The van der Waals surface area contributed by atoms with Crippen molar-refractivity contribution in [2.75, 3.05) is 32.4 Å². The van der Waals surface area contributed by atoms with Crippen molar-refractivity contribution in [2.24, 2.45) is 0 Å². The number of benzene rings is 1. The second-order valence-corrected chi connectivity index (χ2v) is 10.1. The number of rotatable bonds is 11. The predicted molar refractivity (Wildman–Crippen MR) is 148 cm³/mol. The molecule has 2 heterocycles. The van der Waals surface area contributed by atoms with Gasteiger partial charge in [0.1, 0.15) is 11.9 Å². The fourth-order valence-electron chi connectivity index (χ4n) is 5.36. The summed E-state index contributed by atoms with van der Waals surface area (Å²) in [5.74, 6) is 1.48. The van der Waals surface area contributed by atoms with E-state index >= 15 is 0 Å². The minimum absolute atomic E-state index is 0.175. The molecule has 0 spiro atoms. The van der Waals surface area contributed by atoms with Gasteiger partial charge in [0.15, 0.2) is 0 Å². The predicted octanol–water partition coefficient (Wildman–Crippen LogP) is 5.66. The SMILES string of the molecule is CCCC(C)OC(=O)N(OC)c1ccc(-c2nc(C3CCC(NCCOC)CC3)n3ccnc(C)c23)cc1. The fraction of sp³-hybridized carbons (Fsp3) is 0.552. The molecule has 1 aliphatic rings. The number of aromatic nitrogens is 3. The molecule has 0 bridgehead atoms. The summed E-state index contributed by atoms with van der Waals surface area (Å²) in [5, 5.41) is 4.79. The van der Waals surface area contributed by atoms with E-state index in [0.717, 1.165) is 80.0 Å². The first-order valence-electron chi connectivity index (χ1n) is 13.7. The van der Waals surface area contributed by atoms with Crippen molar-refractivity contribution in [3.05, 3.63) is 48.2 Å². The third-order valence-corrected chi connectivity index (χ3v) is 7.32. The van der Waals surface area contributed by atoms with Gasteiger partial charge < -0.3 is 14.8 Å². The molecule has 3 aromatic rings. The summed E-state index contributed by atoms with van der Waals surface area (Å²) in [6, 6.07) is 8.19. The van der Waals surface area contributed by atoms with E-state index in [4.69, 9.17) is 19.3 Å². The maximum absolute atomic E-state index is 12.7. The molecule has 206 valence electrons.